The van der Waals surface area contributed by atoms with Crippen molar-refractivity contribution in [1.82, 2.24) is 14.3 Å². The molecular formula is C19H21F2N3O3. The fourth-order valence-corrected chi connectivity index (χ4v) is 2.53. The number of hydrogen-bond acceptors (Lipinski definition) is 4. The van der Waals surface area contributed by atoms with E-state index in [4.69, 9.17) is 4.74 Å². The highest BCUT2D eigenvalue weighted by atomic mass is 19.3. The molecule has 0 saturated heterocycles. The van der Waals surface area contributed by atoms with Gasteiger partial charge in [0.15, 0.2) is 5.60 Å². The van der Waals surface area contributed by atoms with Crippen LogP contribution in [0.3, 0.4) is 0 Å². The number of rotatable bonds is 4. The molecule has 0 amide bonds. The van der Waals surface area contributed by atoms with E-state index in [0.29, 0.717) is 11.1 Å². The predicted molar refractivity (Wildman–Crippen MR) is 95.4 cm³/mol. The molecule has 0 radical (unpaired) electrons. The zero-order valence-electron chi connectivity index (χ0n) is 15.8. The van der Waals surface area contributed by atoms with E-state index in [2.05, 4.69) is 16.9 Å². The zero-order valence-corrected chi connectivity index (χ0v) is 15.8. The van der Waals surface area contributed by atoms with Gasteiger partial charge in [-0.1, -0.05) is 17.9 Å². The van der Waals surface area contributed by atoms with Crippen molar-refractivity contribution in [3.63, 3.8) is 0 Å². The van der Waals surface area contributed by atoms with Crippen molar-refractivity contribution in [3.05, 3.63) is 51.2 Å². The molecule has 0 saturated carbocycles. The quantitative estimate of drug-likeness (QED) is 0.607. The molecule has 0 spiro atoms. The van der Waals surface area contributed by atoms with Gasteiger partial charge in [0.2, 0.25) is 5.82 Å². The van der Waals surface area contributed by atoms with Crippen molar-refractivity contribution < 1.29 is 18.3 Å². The largest absolute Gasteiger partial charge is 0.447 e. The Morgan fingerprint density at radius 2 is 2.04 bits per heavy atom. The molecule has 0 bridgehead atoms. The number of alkyl halides is 2. The van der Waals surface area contributed by atoms with Gasteiger partial charge >= 0.3 is 11.7 Å². The molecule has 27 heavy (non-hydrogen) atoms. The molecule has 2 aromatic rings. The minimum absolute atomic E-state index is 0.0406. The van der Waals surface area contributed by atoms with Crippen LogP contribution < -0.4 is 5.69 Å². The van der Waals surface area contributed by atoms with Crippen LogP contribution in [-0.2, 0) is 23.1 Å². The van der Waals surface area contributed by atoms with Crippen LogP contribution in [0, 0.1) is 18.8 Å². The summed E-state index contributed by atoms with van der Waals surface area (Å²) in [6, 6.07) is 5.29. The molecule has 144 valence electrons. The van der Waals surface area contributed by atoms with Crippen LogP contribution in [0.5, 0.6) is 0 Å². The number of benzene rings is 1. The van der Waals surface area contributed by atoms with Crippen molar-refractivity contribution in [3.8, 4) is 11.8 Å². The molecule has 0 aliphatic carbocycles. The molecule has 2 rings (SSSR count). The third-order valence-electron chi connectivity index (χ3n) is 3.82. The summed E-state index contributed by atoms with van der Waals surface area (Å²) in [6.45, 7) is 6.42. The second-order valence-electron chi connectivity index (χ2n) is 6.65. The smallest absolute Gasteiger partial charge is 0.346 e. The van der Waals surface area contributed by atoms with Gasteiger partial charge in [-0.05, 0) is 44.0 Å². The predicted octanol–water partition coefficient (Wildman–Crippen LogP) is 2.57. The average molecular weight is 377 g/mol. The van der Waals surface area contributed by atoms with Crippen LogP contribution in [-0.4, -0.2) is 25.9 Å². The van der Waals surface area contributed by atoms with Gasteiger partial charge in [-0.2, -0.15) is 0 Å². The first-order valence-electron chi connectivity index (χ1n) is 8.24. The van der Waals surface area contributed by atoms with Crippen molar-refractivity contribution in [1.29, 1.82) is 0 Å². The fraction of sp³-hybridized carbons (Fsp3) is 0.421. The van der Waals surface area contributed by atoms with Crippen molar-refractivity contribution in [2.24, 2.45) is 7.05 Å². The van der Waals surface area contributed by atoms with Crippen molar-refractivity contribution in [2.75, 3.05) is 0 Å². The molecular weight excluding hydrogens is 356 g/mol. The van der Waals surface area contributed by atoms with Crippen LogP contribution in [0.2, 0.25) is 0 Å². The average Bonchev–Trinajstić information content (AvgIpc) is 2.83. The number of halogens is 2. The monoisotopic (exact) mass is 377 g/mol. The third kappa shape index (κ3) is 5.03. The highest BCUT2D eigenvalue weighted by Gasteiger charge is 2.21. The number of nitrogens with zero attached hydrogens (tertiary/aromatic N) is 3. The Kier molecular flexibility index (Phi) is 5.84. The molecule has 0 aliphatic heterocycles. The Labute approximate surface area is 155 Å². The minimum atomic E-state index is -2.85. The Balaban J connectivity index is 2.38. The number of carbonyl (C=O) groups is 1. The Hall–Kier alpha value is -2.95. The normalized spacial score (nSPS) is 11.3. The van der Waals surface area contributed by atoms with E-state index >= 15 is 0 Å². The highest BCUT2D eigenvalue weighted by molar-refractivity contribution is 5.67. The molecule has 1 aromatic heterocycles. The van der Waals surface area contributed by atoms with Gasteiger partial charge in [0, 0.05) is 19.5 Å². The van der Waals surface area contributed by atoms with E-state index in [1.807, 2.05) is 6.92 Å². The molecule has 1 heterocycles. The lowest BCUT2D eigenvalue weighted by Gasteiger charge is -2.17. The molecule has 0 aliphatic rings. The topological polar surface area (TPSA) is 66.1 Å². The summed E-state index contributed by atoms with van der Waals surface area (Å²) in [7, 11) is 1.33. The molecule has 6 nitrogen and oxygen atoms in total. The van der Waals surface area contributed by atoms with E-state index in [9.17, 15) is 18.4 Å². The lowest BCUT2D eigenvalue weighted by atomic mass is 10.0. The molecule has 0 N–H and O–H groups in total. The number of aromatic nitrogens is 3. The summed E-state index contributed by atoms with van der Waals surface area (Å²) in [4.78, 5) is 23.2. The second kappa shape index (κ2) is 7.74. The highest BCUT2D eigenvalue weighted by Crippen LogP contribution is 2.18. The number of aryl methyl sites for hydroxylation is 2. The summed E-state index contributed by atoms with van der Waals surface area (Å²) in [5, 5.41) is 3.59. The van der Waals surface area contributed by atoms with E-state index < -0.39 is 29.5 Å². The minimum Gasteiger partial charge on any atom is -0.447 e. The summed E-state index contributed by atoms with van der Waals surface area (Å²) >= 11 is 0. The van der Waals surface area contributed by atoms with E-state index in [0.717, 1.165) is 14.8 Å². The van der Waals surface area contributed by atoms with Gasteiger partial charge < -0.3 is 4.74 Å². The molecule has 1 aromatic carbocycles. The lowest BCUT2D eigenvalue weighted by Crippen LogP contribution is -2.25. The first-order valence-corrected chi connectivity index (χ1v) is 8.24. The zero-order chi connectivity index (χ0) is 20.4. The molecule has 8 heteroatoms. The van der Waals surface area contributed by atoms with Crippen LogP contribution in [0.4, 0.5) is 8.78 Å². The number of carbonyl (C=O) groups excluding carboxylic acids is 1. The van der Waals surface area contributed by atoms with Gasteiger partial charge in [0.05, 0.1) is 6.54 Å². The maximum atomic E-state index is 13.2. The maximum absolute atomic E-state index is 13.2. The molecule has 0 unspecified atom stereocenters. The summed E-state index contributed by atoms with van der Waals surface area (Å²) in [5.74, 6) is 4.77. The molecule has 0 atom stereocenters. The Morgan fingerprint density at radius 3 is 2.63 bits per heavy atom. The fourth-order valence-electron chi connectivity index (χ4n) is 2.53. The molecule has 0 fully saturated rings. The van der Waals surface area contributed by atoms with Crippen molar-refractivity contribution in [2.45, 2.75) is 46.3 Å². The van der Waals surface area contributed by atoms with Crippen molar-refractivity contribution >= 4 is 5.97 Å². The summed E-state index contributed by atoms with van der Waals surface area (Å²) < 4.78 is 33.3. The second-order valence-corrected chi connectivity index (χ2v) is 6.65. The summed E-state index contributed by atoms with van der Waals surface area (Å²) in [6.07, 6.45) is -2.85. The number of ether oxygens (including phenoxy) is 1. The van der Waals surface area contributed by atoms with Gasteiger partial charge in [-0.15, -0.1) is 5.10 Å². The maximum Gasteiger partial charge on any atom is 0.346 e. The van der Waals surface area contributed by atoms with E-state index in [1.165, 1.54) is 14.0 Å². The SMILES string of the molecule is CC(=O)OC(C)(C)C#Cc1ccc(C)c(Cn2c(C(F)F)nn(C)c2=O)c1. The van der Waals surface area contributed by atoms with Crippen LogP contribution in [0.25, 0.3) is 0 Å². The number of hydrogen-bond donors (Lipinski definition) is 0. The number of esters is 1. The van der Waals surface area contributed by atoms with Crippen LogP contribution >= 0.6 is 0 Å². The Bertz CT molecular complexity index is 978. The Morgan fingerprint density at radius 1 is 1.37 bits per heavy atom. The van der Waals surface area contributed by atoms with Crippen LogP contribution in [0.1, 0.15) is 49.7 Å². The first-order chi connectivity index (χ1) is 12.5. The van der Waals surface area contributed by atoms with E-state index in [-0.39, 0.29) is 6.54 Å². The summed E-state index contributed by atoms with van der Waals surface area (Å²) in [5.41, 5.74) is 0.545. The van der Waals surface area contributed by atoms with Gasteiger partial charge in [0.1, 0.15) is 0 Å². The first kappa shape index (κ1) is 20.4. The van der Waals surface area contributed by atoms with Gasteiger partial charge in [-0.25, -0.2) is 18.3 Å². The van der Waals surface area contributed by atoms with Crippen LogP contribution in [0.15, 0.2) is 23.0 Å². The van der Waals surface area contributed by atoms with E-state index in [1.54, 1.807) is 32.0 Å². The standard InChI is InChI=1S/C19H21F2N3O3/c1-12-6-7-14(8-9-19(3,4)27-13(2)25)10-15(12)11-24-17(16(20)21)22-23(5)18(24)26/h6-7,10,16H,11H2,1-5H3. The third-order valence-corrected chi connectivity index (χ3v) is 3.82. The lowest BCUT2D eigenvalue weighted by molar-refractivity contribution is -0.148. The van der Waals surface area contributed by atoms with Gasteiger partial charge in [-0.3, -0.25) is 9.36 Å². The van der Waals surface area contributed by atoms with Gasteiger partial charge in [0.25, 0.3) is 6.43 Å².